The van der Waals surface area contributed by atoms with Crippen molar-refractivity contribution < 1.29 is 4.79 Å². The van der Waals surface area contributed by atoms with Crippen molar-refractivity contribution in [2.45, 2.75) is 44.4 Å². The van der Waals surface area contributed by atoms with Crippen molar-refractivity contribution >= 4 is 5.91 Å². The summed E-state index contributed by atoms with van der Waals surface area (Å²) < 4.78 is 0.993. The van der Waals surface area contributed by atoms with E-state index in [1.54, 1.807) is 0 Å². The summed E-state index contributed by atoms with van der Waals surface area (Å²) in [5.74, 6) is 0.674. The van der Waals surface area contributed by atoms with E-state index in [9.17, 15) is 14.4 Å². The summed E-state index contributed by atoms with van der Waals surface area (Å²) >= 11 is 0. The van der Waals surface area contributed by atoms with E-state index in [2.05, 4.69) is 9.97 Å². The molecule has 1 aliphatic carbocycles. The average Bonchev–Trinajstić information content (AvgIpc) is 2.99. The molecular weight excluding hydrogens is 346 g/mol. The zero-order chi connectivity index (χ0) is 19.2. The Hall–Kier alpha value is -2.77. The molecule has 4 rings (SSSR count). The molecule has 1 fully saturated rings. The number of likely N-dealkylation sites (tertiary alicyclic amines) is 1. The van der Waals surface area contributed by atoms with Crippen LogP contribution in [0.3, 0.4) is 0 Å². The molecule has 27 heavy (non-hydrogen) atoms. The van der Waals surface area contributed by atoms with Crippen LogP contribution in [-0.2, 0) is 30.1 Å². The summed E-state index contributed by atoms with van der Waals surface area (Å²) in [7, 11) is 1.41. The lowest BCUT2D eigenvalue weighted by molar-refractivity contribution is -0.132. The number of aryl methyl sites for hydroxylation is 2. The number of hydrogen-bond donors (Lipinski definition) is 1. The van der Waals surface area contributed by atoms with E-state index in [0.29, 0.717) is 18.7 Å². The van der Waals surface area contributed by atoms with E-state index in [0.717, 1.165) is 41.8 Å². The molecule has 0 radical (unpaired) electrons. The van der Waals surface area contributed by atoms with Gasteiger partial charge in [-0.1, -0.05) is 0 Å². The van der Waals surface area contributed by atoms with Gasteiger partial charge in [-0.2, -0.15) is 0 Å². The van der Waals surface area contributed by atoms with Gasteiger partial charge in [0.25, 0.3) is 5.56 Å². The van der Waals surface area contributed by atoms with Gasteiger partial charge in [0.2, 0.25) is 5.91 Å². The molecule has 1 atom stereocenters. The second-order valence-corrected chi connectivity index (χ2v) is 7.65. The average molecular weight is 369 g/mol. The number of nitrogens with one attached hydrogen (secondary N) is 1. The smallest absolute Gasteiger partial charge is 0.328 e. The lowest BCUT2D eigenvalue weighted by Crippen LogP contribution is -2.49. The predicted octanol–water partition coefficient (Wildman–Crippen LogP) is 0.221. The highest BCUT2D eigenvalue weighted by molar-refractivity contribution is 5.79. The third-order valence-corrected chi connectivity index (χ3v) is 5.89. The normalized spacial score (nSPS) is 21.5. The molecule has 8 nitrogen and oxygen atoms in total. The summed E-state index contributed by atoms with van der Waals surface area (Å²) in [4.78, 5) is 50.0. The molecule has 2 aliphatic rings. The number of aromatic nitrogens is 4. The topological polar surface area (TPSA) is 101 Å². The van der Waals surface area contributed by atoms with E-state index >= 15 is 0 Å². The van der Waals surface area contributed by atoms with Gasteiger partial charge in [-0.3, -0.25) is 14.2 Å². The number of fused-ring (bicyclic) bond motifs is 2. The molecule has 142 valence electrons. The first-order valence-electron chi connectivity index (χ1n) is 9.28. The van der Waals surface area contributed by atoms with E-state index in [1.807, 2.05) is 18.0 Å². The van der Waals surface area contributed by atoms with Gasteiger partial charge in [0, 0.05) is 43.5 Å². The van der Waals surface area contributed by atoms with Crippen LogP contribution < -0.4 is 11.2 Å². The molecule has 8 heteroatoms. The SMILES string of the molecule is Cc1ncc2c(n1)C1(CCCN(C(=O)Cc3c[nH]c(=O)n(C)c3=O)C1)CC2. The maximum atomic E-state index is 12.9. The van der Waals surface area contributed by atoms with Crippen LogP contribution in [0.5, 0.6) is 0 Å². The number of aromatic amines is 1. The highest BCUT2D eigenvalue weighted by Gasteiger charge is 2.44. The summed E-state index contributed by atoms with van der Waals surface area (Å²) in [6, 6.07) is 0. The second kappa shape index (κ2) is 6.44. The lowest BCUT2D eigenvalue weighted by Gasteiger charge is -2.40. The van der Waals surface area contributed by atoms with Gasteiger partial charge in [0.1, 0.15) is 5.82 Å². The number of H-pyrrole nitrogens is 1. The Morgan fingerprint density at radius 2 is 2.15 bits per heavy atom. The van der Waals surface area contributed by atoms with Crippen LogP contribution in [0.4, 0.5) is 0 Å². The highest BCUT2D eigenvalue weighted by Crippen LogP contribution is 2.43. The Bertz CT molecular complexity index is 1020. The van der Waals surface area contributed by atoms with Gasteiger partial charge >= 0.3 is 5.69 Å². The fourth-order valence-corrected chi connectivity index (χ4v) is 4.39. The molecule has 2 aromatic heterocycles. The van der Waals surface area contributed by atoms with Crippen molar-refractivity contribution in [3.63, 3.8) is 0 Å². The fourth-order valence-electron chi connectivity index (χ4n) is 4.39. The van der Waals surface area contributed by atoms with Gasteiger partial charge < -0.3 is 9.88 Å². The number of rotatable bonds is 2. The minimum absolute atomic E-state index is 0.00477. The molecule has 0 saturated carbocycles. The molecular formula is C19H23N5O3. The van der Waals surface area contributed by atoms with Gasteiger partial charge in [-0.25, -0.2) is 14.8 Å². The van der Waals surface area contributed by atoms with E-state index in [4.69, 9.17) is 4.98 Å². The van der Waals surface area contributed by atoms with E-state index in [1.165, 1.54) is 18.8 Å². The number of carbonyl (C=O) groups is 1. The first-order chi connectivity index (χ1) is 12.9. The summed E-state index contributed by atoms with van der Waals surface area (Å²) in [6.45, 7) is 3.20. The van der Waals surface area contributed by atoms with Crippen molar-refractivity contribution in [1.82, 2.24) is 24.4 Å². The first kappa shape index (κ1) is 17.6. The largest absolute Gasteiger partial charge is 0.341 e. The summed E-state index contributed by atoms with van der Waals surface area (Å²) in [6.07, 6.45) is 7.11. The molecule has 1 unspecified atom stereocenters. The van der Waals surface area contributed by atoms with Gasteiger partial charge in [-0.05, 0) is 38.2 Å². The molecule has 2 aromatic rings. The number of amides is 1. The zero-order valence-electron chi connectivity index (χ0n) is 15.6. The van der Waals surface area contributed by atoms with Crippen LogP contribution in [0.2, 0.25) is 0 Å². The maximum absolute atomic E-state index is 12.9. The second-order valence-electron chi connectivity index (χ2n) is 7.65. The first-order valence-corrected chi connectivity index (χ1v) is 9.28. The number of piperidine rings is 1. The van der Waals surface area contributed by atoms with Crippen molar-refractivity contribution in [3.8, 4) is 0 Å². The fraction of sp³-hybridized carbons (Fsp3) is 0.526. The Morgan fingerprint density at radius 3 is 2.96 bits per heavy atom. The van der Waals surface area contributed by atoms with Gasteiger partial charge in [0.05, 0.1) is 12.1 Å². The van der Waals surface area contributed by atoms with Crippen LogP contribution in [-0.4, -0.2) is 43.4 Å². The van der Waals surface area contributed by atoms with Gasteiger partial charge in [0.15, 0.2) is 0 Å². The highest BCUT2D eigenvalue weighted by atomic mass is 16.2. The Morgan fingerprint density at radius 1 is 1.33 bits per heavy atom. The molecule has 1 spiro atoms. The quantitative estimate of drug-likeness (QED) is 0.816. The molecule has 0 bridgehead atoms. The van der Waals surface area contributed by atoms with E-state index < -0.39 is 11.2 Å². The van der Waals surface area contributed by atoms with Crippen LogP contribution in [0.1, 0.15) is 41.9 Å². The number of nitrogens with zero attached hydrogens (tertiary/aromatic N) is 4. The summed E-state index contributed by atoms with van der Waals surface area (Å²) in [5.41, 5.74) is 1.58. The minimum atomic E-state index is -0.481. The standard InChI is InChI=1S/C19H23N5O3/c1-12-20-9-13-4-6-19(16(13)22-12)5-3-7-24(11-19)15(25)8-14-10-21-18(27)23(2)17(14)26/h9-10H,3-8,11H2,1-2H3,(H,21,27). The van der Waals surface area contributed by atoms with Crippen molar-refractivity contribution in [2.24, 2.45) is 7.05 Å². The van der Waals surface area contributed by atoms with Crippen molar-refractivity contribution in [3.05, 3.63) is 55.9 Å². The van der Waals surface area contributed by atoms with Gasteiger partial charge in [-0.15, -0.1) is 0 Å². The van der Waals surface area contributed by atoms with Crippen molar-refractivity contribution in [1.29, 1.82) is 0 Å². The van der Waals surface area contributed by atoms with Crippen molar-refractivity contribution in [2.75, 3.05) is 13.1 Å². The Balaban J connectivity index is 1.57. The number of carbonyl (C=O) groups excluding carboxylic acids is 1. The van der Waals surface area contributed by atoms with Crippen LogP contribution in [0.25, 0.3) is 0 Å². The molecule has 1 N–H and O–H groups in total. The monoisotopic (exact) mass is 369 g/mol. The van der Waals surface area contributed by atoms with Crippen LogP contribution in [0, 0.1) is 6.92 Å². The molecule has 0 aromatic carbocycles. The third kappa shape index (κ3) is 2.98. The zero-order valence-corrected chi connectivity index (χ0v) is 15.6. The van der Waals surface area contributed by atoms with Crippen LogP contribution >= 0.6 is 0 Å². The van der Waals surface area contributed by atoms with E-state index in [-0.39, 0.29) is 17.7 Å². The molecule has 3 heterocycles. The Labute approximate surface area is 156 Å². The molecule has 1 saturated heterocycles. The number of hydrogen-bond acceptors (Lipinski definition) is 5. The molecule has 1 aliphatic heterocycles. The lowest BCUT2D eigenvalue weighted by atomic mass is 9.77. The van der Waals surface area contributed by atoms with Crippen LogP contribution in [0.15, 0.2) is 22.0 Å². The molecule has 1 amide bonds. The minimum Gasteiger partial charge on any atom is -0.341 e. The Kier molecular flexibility index (Phi) is 4.20. The predicted molar refractivity (Wildman–Crippen MR) is 98.6 cm³/mol. The summed E-state index contributed by atoms with van der Waals surface area (Å²) in [5, 5.41) is 0. The maximum Gasteiger partial charge on any atom is 0.328 e. The third-order valence-electron chi connectivity index (χ3n) is 5.89.